The number of nitrogens with one attached hydrogen (secondary N) is 1. The fourth-order valence-electron chi connectivity index (χ4n) is 2.36. The van der Waals surface area contributed by atoms with Crippen LogP contribution in [0.2, 0.25) is 0 Å². The first-order chi connectivity index (χ1) is 9.74. The Morgan fingerprint density at radius 2 is 1.60 bits per heavy atom. The highest BCUT2D eigenvalue weighted by Gasteiger charge is 2.14. The predicted octanol–water partition coefficient (Wildman–Crippen LogP) is 4.71. The van der Waals surface area contributed by atoms with E-state index in [0.29, 0.717) is 6.04 Å². The molecule has 0 fully saturated rings. The Labute approximate surface area is 123 Å². The van der Waals surface area contributed by atoms with Gasteiger partial charge in [-0.1, -0.05) is 42.5 Å². The van der Waals surface area contributed by atoms with Crippen molar-refractivity contribution in [3.05, 3.63) is 65.2 Å². The van der Waals surface area contributed by atoms with Crippen molar-refractivity contribution in [2.75, 3.05) is 0 Å². The normalized spacial score (nSPS) is 14.3. The number of hydrogen-bond donors (Lipinski definition) is 1. The summed E-state index contributed by atoms with van der Waals surface area (Å²) in [6.07, 6.45) is 0. The smallest absolute Gasteiger partial charge is 0.111 e. The van der Waals surface area contributed by atoms with Gasteiger partial charge in [-0.15, -0.1) is 11.3 Å². The Morgan fingerprint density at radius 1 is 0.900 bits per heavy atom. The van der Waals surface area contributed by atoms with Gasteiger partial charge in [0.2, 0.25) is 0 Å². The molecule has 2 atom stereocenters. The number of nitrogens with zero attached hydrogens (tertiary/aromatic N) is 1. The van der Waals surface area contributed by atoms with Crippen LogP contribution in [0.25, 0.3) is 10.2 Å². The summed E-state index contributed by atoms with van der Waals surface area (Å²) in [6, 6.07) is 19.4. The van der Waals surface area contributed by atoms with Gasteiger partial charge in [-0.05, 0) is 31.5 Å². The van der Waals surface area contributed by atoms with Crippen molar-refractivity contribution in [1.29, 1.82) is 0 Å². The van der Waals surface area contributed by atoms with Gasteiger partial charge in [-0.3, -0.25) is 0 Å². The summed E-state index contributed by atoms with van der Waals surface area (Å²) >= 11 is 1.77. The zero-order chi connectivity index (χ0) is 13.9. The first-order valence-electron chi connectivity index (χ1n) is 6.90. The highest BCUT2D eigenvalue weighted by molar-refractivity contribution is 7.18. The third-order valence-electron chi connectivity index (χ3n) is 3.48. The van der Waals surface area contributed by atoms with Crippen LogP contribution >= 0.6 is 11.3 Å². The average molecular weight is 282 g/mol. The molecule has 1 aromatic heterocycles. The molecule has 2 unspecified atom stereocenters. The Balaban J connectivity index is 1.77. The largest absolute Gasteiger partial charge is 0.302 e. The van der Waals surface area contributed by atoms with Crippen LogP contribution in [0.3, 0.4) is 0 Å². The van der Waals surface area contributed by atoms with Gasteiger partial charge in [-0.25, -0.2) is 4.98 Å². The molecule has 0 amide bonds. The second kappa shape index (κ2) is 5.73. The zero-order valence-electron chi connectivity index (χ0n) is 11.7. The summed E-state index contributed by atoms with van der Waals surface area (Å²) in [5.74, 6) is 0. The summed E-state index contributed by atoms with van der Waals surface area (Å²) < 4.78 is 1.25. The van der Waals surface area contributed by atoms with Crippen LogP contribution in [0.1, 0.15) is 36.5 Å². The van der Waals surface area contributed by atoms with Crippen molar-refractivity contribution in [2.24, 2.45) is 0 Å². The van der Waals surface area contributed by atoms with E-state index in [1.807, 2.05) is 12.1 Å². The minimum Gasteiger partial charge on any atom is -0.302 e. The maximum atomic E-state index is 4.72. The summed E-state index contributed by atoms with van der Waals surface area (Å²) in [7, 11) is 0. The lowest BCUT2D eigenvalue weighted by Gasteiger charge is -2.18. The van der Waals surface area contributed by atoms with Crippen molar-refractivity contribution in [2.45, 2.75) is 25.9 Å². The van der Waals surface area contributed by atoms with Crippen LogP contribution < -0.4 is 5.32 Å². The van der Waals surface area contributed by atoms with Gasteiger partial charge in [-0.2, -0.15) is 0 Å². The fraction of sp³-hybridized carbons (Fsp3) is 0.235. The van der Waals surface area contributed by atoms with Crippen molar-refractivity contribution in [3.8, 4) is 0 Å². The predicted molar refractivity (Wildman–Crippen MR) is 86.0 cm³/mol. The van der Waals surface area contributed by atoms with E-state index in [9.17, 15) is 0 Å². The van der Waals surface area contributed by atoms with Gasteiger partial charge in [0.05, 0.1) is 16.3 Å². The van der Waals surface area contributed by atoms with E-state index in [0.717, 1.165) is 10.5 Å². The minimum absolute atomic E-state index is 0.252. The molecule has 0 saturated heterocycles. The van der Waals surface area contributed by atoms with E-state index in [-0.39, 0.29) is 6.04 Å². The van der Waals surface area contributed by atoms with Gasteiger partial charge in [0, 0.05) is 6.04 Å². The zero-order valence-corrected chi connectivity index (χ0v) is 12.5. The highest BCUT2D eigenvalue weighted by Crippen LogP contribution is 2.27. The van der Waals surface area contributed by atoms with Crippen molar-refractivity contribution < 1.29 is 0 Å². The van der Waals surface area contributed by atoms with Crippen LogP contribution in [0.4, 0.5) is 0 Å². The Hall–Kier alpha value is -1.71. The molecule has 3 aromatic rings. The van der Waals surface area contributed by atoms with Crippen LogP contribution in [0.15, 0.2) is 54.6 Å². The van der Waals surface area contributed by atoms with E-state index >= 15 is 0 Å². The number of aromatic nitrogens is 1. The molecule has 1 heterocycles. The number of para-hydroxylation sites is 1. The van der Waals surface area contributed by atoms with Crippen LogP contribution in [0, 0.1) is 0 Å². The molecule has 0 bridgehead atoms. The van der Waals surface area contributed by atoms with Crippen molar-refractivity contribution >= 4 is 21.6 Å². The Bertz CT molecular complexity index is 657. The second-order valence-electron chi connectivity index (χ2n) is 5.04. The minimum atomic E-state index is 0.252. The van der Waals surface area contributed by atoms with Crippen molar-refractivity contribution in [1.82, 2.24) is 10.3 Å². The molecule has 102 valence electrons. The molecule has 20 heavy (non-hydrogen) atoms. The summed E-state index contributed by atoms with van der Waals surface area (Å²) in [6.45, 7) is 4.37. The van der Waals surface area contributed by atoms with Gasteiger partial charge in [0.15, 0.2) is 0 Å². The molecule has 2 aromatic carbocycles. The molecule has 0 aliphatic heterocycles. The molecule has 1 N–H and O–H groups in total. The van der Waals surface area contributed by atoms with Crippen LogP contribution in [0.5, 0.6) is 0 Å². The number of fused-ring (bicyclic) bond motifs is 1. The maximum absolute atomic E-state index is 4.72. The van der Waals surface area contributed by atoms with E-state index < -0.39 is 0 Å². The van der Waals surface area contributed by atoms with Gasteiger partial charge < -0.3 is 5.32 Å². The Morgan fingerprint density at radius 3 is 2.35 bits per heavy atom. The van der Waals surface area contributed by atoms with Gasteiger partial charge >= 0.3 is 0 Å². The first kappa shape index (κ1) is 13.3. The van der Waals surface area contributed by atoms with Crippen molar-refractivity contribution in [3.63, 3.8) is 0 Å². The lowest BCUT2D eigenvalue weighted by molar-refractivity contribution is 0.493. The standard InChI is InChI=1S/C17H18N2S/c1-12(14-8-4-3-5-9-14)18-13(2)17-19-15-10-6-7-11-16(15)20-17/h3-13,18H,1-2H3. The van der Waals surface area contributed by atoms with E-state index in [2.05, 4.69) is 61.6 Å². The van der Waals surface area contributed by atoms with Gasteiger partial charge in [0.1, 0.15) is 5.01 Å². The monoisotopic (exact) mass is 282 g/mol. The molecule has 3 heteroatoms. The molecule has 3 rings (SSSR count). The second-order valence-corrected chi connectivity index (χ2v) is 6.10. The molecule has 0 saturated carbocycles. The lowest BCUT2D eigenvalue weighted by Crippen LogP contribution is -2.22. The third-order valence-corrected chi connectivity index (χ3v) is 4.70. The van der Waals surface area contributed by atoms with E-state index in [4.69, 9.17) is 4.98 Å². The van der Waals surface area contributed by atoms with Crippen LogP contribution in [-0.4, -0.2) is 4.98 Å². The summed E-state index contributed by atoms with van der Waals surface area (Å²) in [5.41, 5.74) is 2.40. The summed E-state index contributed by atoms with van der Waals surface area (Å²) in [4.78, 5) is 4.72. The highest BCUT2D eigenvalue weighted by atomic mass is 32.1. The number of rotatable bonds is 4. The SMILES string of the molecule is CC(NC(C)c1nc2ccccc2s1)c1ccccc1. The first-order valence-corrected chi connectivity index (χ1v) is 7.72. The average Bonchev–Trinajstić information content (AvgIpc) is 2.92. The molecule has 0 radical (unpaired) electrons. The maximum Gasteiger partial charge on any atom is 0.111 e. The number of thiazole rings is 1. The van der Waals surface area contributed by atoms with Crippen LogP contribution in [-0.2, 0) is 0 Å². The number of benzene rings is 2. The van der Waals surface area contributed by atoms with E-state index in [1.165, 1.54) is 10.3 Å². The molecular formula is C17H18N2S. The van der Waals surface area contributed by atoms with E-state index in [1.54, 1.807) is 11.3 Å². The Kier molecular flexibility index (Phi) is 3.81. The third kappa shape index (κ3) is 2.74. The molecule has 2 nitrogen and oxygen atoms in total. The lowest BCUT2D eigenvalue weighted by atomic mass is 10.1. The van der Waals surface area contributed by atoms with Gasteiger partial charge in [0.25, 0.3) is 0 Å². The molecule has 0 spiro atoms. The fourth-order valence-corrected chi connectivity index (χ4v) is 3.34. The topological polar surface area (TPSA) is 24.9 Å². The molecular weight excluding hydrogens is 264 g/mol. The molecule has 0 aliphatic carbocycles. The number of hydrogen-bond acceptors (Lipinski definition) is 3. The molecule has 0 aliphatic rings. The summed E-state index contributed by atoms with van der Waals surface area (Å²) in [5, 5.41) is 4.77. The quantitative estimate of drug-likeness (QED) is 0.749.